The van der Waals surface area contributed by atoms with Crippen molar-refractivity contribution in [3.8, 4) is 0 Å². The first-order valence-electron chi connectivity index (χ1n) is 5.09. The molecule has 1 atom stereocenters. The van der Waals surface area contributed by atoms with Crippen molar-refractivity contribution in [1.29, 1.82) is 0 Å². The summed E-state index contributed by atoms with van der Waals surface area (Å²) in [6.07, 6.45) is 0.0494. The van der Waals surface area contributed by atoms with Crippen LogP contribution in [0.25, 0.3) is 0 Å². The smallest absolute Gasteiger partial charge is 0.272 e. The fraction of sp³-hybridized carbons (Fsp3) is 0.455. The molecular formula is C11H15NO4. The van der Waals surface area contributed by atoms with Crippen LogP contribution in [0.2, 0.25) is 0 Å². The third kappa shape index (κ3) is 3.29. The van der Waals surface area contributed by atoms with Crippen LogP contribution in [0.3, 0.4) is 0 Å². The molecular weight excluding hydrogens is 210 g/mol. The van der Waals surface area contributed by atoms with Gasteiger partial charge in [0, 0.05) is 24.7 Å². The van der Waals surface area contributed by atoms with Gasteiger partial charge in [-0.05, 0) is 18.9 Å². The second-order valence-corrected chi connectivity index (χ2v) is 3.75. The summed E-state index contributed by atoms with van der Waals surface area (Å²) >= 11 is 0. The molecule has 0 aromatic heterocycles. The van der Waals surface area contributed by atoms with Gasteiger partial charge >= 0.3 is 0 Å². The minimum Gasteiger partial charge on any atom is -0.396 e. The Hall–Kier alpha value is -1.46. The Balaban J connectivity index is 3.04. The number of benzene rings is 1. The van der Waals surface area contributed by atoms with Crippen molar-refractivity contribution in [2.45, 2.75) is 25.9 Å². The Morgan fingerprint density at radius 2 is 2.19 bits per heavy atom. The van der Waals surface area contributed by atoms with E-state index in [1.807, 2.05) is 0 Å². The van der Waals surface area contributed by atoms with Gasteiger partial charge in [0.05, 0.1) is 11.0 Å². The number of aliphatic hydroxyl groups excluding tert-OH is 2. The van der Waals surface area contributed by atoms with Gasteiger partial charge in [-0.15, -0.1) is 0 Å². The van der Waals surface area contributed by atoms with Gasteiger partial charge in [-0.3, -0.25) is 10.1 Å². The molecule has 1 rings (SSSR count). The molecule has 1 aromatic carbocycles. The van der Waals surface area contributed by atoms with Crippen LogP contribution in [0.5, 0.6) is 0 Å². The maximum absolute atomic E-state index is 10.8. The molecule has 1 aromatic rings. The van der Waals surface area contributed by atoms with Crippen LogP contribution in [-0.2, 0) is 12.8 Å². The number of aliphatic hydroxyl groups is 2. The number of nitro benzene ring substituents is 1. The number of nitro groups is 1. The Labute approximate surface area is 93.5 Å². The van der Waals surface area contributed by atoms with Crippen molar-refractivity contribution in [1.82, 2.24) is 0 Å². The SMILES string of the molecule is CC(O)Cc1ccc(CCO)cc1[N+](=O)[O-]. The molecule has 0 spiro atoms. The van der Waals surface area contributed by atoms with Gasteiger partial charge in [-0.2, -0.15) is 0 Å². The Morgan fingerprint density at radius 1 is 1.50 bits per heavy atom. The highest BCUT2D eigenvalue weighted by Gasteiger charge is 2.15. The third-order valence-corrected chi connectivity index (χ3v) is 2.26. The van der Waals surface area contributed by atoms with Crippen LogP contribution in [0.1, 0.15) is 18.1 Å². The first-order chi connectivity index (χ1) is 7.54. The maximum Gasteiger partial charge on any atom is 0.272 e. The lowest BCUT2D eigenvalue weighted by atomic mass is 10.0. The molecule has 0 aliphatic rings. The highest BCUT2D eigenvalue weighted by Crippen LogP contribution is 2.22. The van der Waals surface area contributed by atoms with Gasteiger partial charge in [0.15, 0.2) is 0 Å². The van der Waals surface area contributed by atoms with E-state index in [0.717, 1.165) is 5.56 Å². The number of hydrogen-bond acceptors (Lipinski definition) is 4. The summed E-state index contributed by atoms with van der Waals surface area (Å²) in [5.74, 6) is 0. The van der Waals surface area contributed by atoms with Crippen molar-refractivity contribution >= 4 is 5.69 Å². The van der Waals surface area contributed by atoms with Crippen molar-refractivity contribution in [3.63, 3.8) is 0 Å². The van der Waals surface area contributed by atoms with Crippen LogP contribution >= 0.6 is 0 Å². The van der Waals surface area contributed by atoms with E-state index in [4.69, 9.17) is 5.11 Å². The molecule has 0 heterocycles. The van der Waals surface area contributed by atoms with E-state index in [9.17, 15) is 15.2 Å². The highest BCUT2D eigenvalue weighted by atomic mass is 16.6. The molecule has 16 heavy (non-hydrogen) atoms. The third-order valence-electron chi connectivity index (χ3n) is 2.26. The van der Waals surface area contributed by atoms with E-state index in [1.165, 1.54) is 6.07 Å². The summed E-state index contributed by atoms with van der Waals surface area (Å²) in [7, 11) is 0. The minimum atomic E-state index is -0.609. The van der Waals surface area contributed by atoms with Gasteiger partial charge in [0.2, 0.25) is 0 Å². The lowest BCUT2D eigenvalue weighted by Crippen LogP contribution is -2.07. The van der Waals surface area contributed by atoms with Gasteiger partial charge < -0.3 is 10.2 Å². The molecule has 0 amide bonds. The molecule has 0 aliphatic carbocycles. The summed E-state index contributed by atoms with van der Waals surface area (Å²) in [4.78, 5) is 10.4. The Morgan fingerprint density at radius 3 is 2.69 bits per heavy atom. The molecule has 0 aliphatic heterocycles. The normalized spacial score (nSPS) is 12.4. The standard InChI is InChI=1S/C11H15NO4/c1-8(14)6-10-3-2-9(4-5-13)7-11(10)12(15)16/h2-3,7-8,13-14H,4-6H2,1H3. The second kappa shape index (κ2) is 5.58. The fourth-order valence-corrected chi connectivity index (χ4v) is 1.55. The van der Waals surface area contributed by atoms with E-state index in [1.54, 1.807) is 19.1 Å². The molecule has 0 bridgehead atoms. The topological polar surface area (TPSA) is 83.6 Å². The lowest BCUT2D eigenvalue weighted by molar-refractivity contribution is -0.385. The van der Waals surface area contributed by atoms with Crippen LogP contribution in [0, 0.1) is 10.1 Å². The molecule has 5 heteroatoms. The van der Waals surface area contributed by atoms with Crippen LogP contribution in [0.4, 0.5) is 5.69 Å². The molecule has 1 unspecified atom stereocenters. The lowest BCUT2D eigenvalue weighted by Gasteiger charge is -2.07. The van der Waals surface area contributed by atoms with Crippen molar-refractivity contribution in [3.05, 3.63) is 39.4 Å². The summed E-state index contributed by atoms with van der Waals surface area (Å²) in [5.41, 5.74) is 1.25. The maximum atomic E-state index is 10.8. The predicted octanol–water partition coefficient (Wildman–Crippen LogP) is 1.05. The summed E-state index contributed by atoms with van der Waals surface area (Å²) in [6, 6.07) is 4.82. The largest absolute Gasteiger partial charge is 0.396 e. The molecule has 88 valence electrons. The van der Waals surface area contributed by atoms with E-state index < -0.39 is 11.0 Å². The van der Waals surface area contributed by atoms with Crippen LogP contribution in [0.15, 0.2) is 18.2 Å². The number of nitrogens with zero attached hydrogens (tertiary/aromatic N) is 1. The molecule has 0 saturated carbocycles. The van der Waals surface area contributed by atoms with Gasteiger partial charge in [0.25, 0.3) is 5.69 Å². The van der Waals surface area contributed by atoms with E-state index in [-0.39, 0.29) is 18.7 Å². The molecule has 2 N–H and O–H groups in total. The summed E-state index contributed by atoms with van der Waals surface area (Å²) in [5, 5.41) is 28.8. The monoisotopic (exact) mass is 225 g/mol. The van der Waals surface area contributed by atoms with E-state index in [2.05, 4.69) is 0 Å². The van der Waals surface area contributed by atoms with Crippen LogP contribution < -0.4 is 0 Å². The zero-order valence-electron chi connectivity index (χ0n) is 9.09. The predicted molar refractivity (Wildman–Crippen MR) is 59.3 cm³/mol. The molecule has 0 radical (unpaired) electrons. The van der Waals surface area contributed by atoms with Gasteiger partial charge in [-0.1, -0.05) is 12.1 Å². The van der Waals surface area contributed by atoms with Crippen molar-refractivity contribution in [2.75, 3.05) is 6.61 Å². The zero-order valence-corrected chi connectivity index (χ0v) is 9.09. The average Bonchev–Trinajstić information content (AvgIpc) is 2.19. The molecule has 5 nitrogen and oxygen atoms in total. The summed E-state index contributed by atoms with van der Waals surface area (Å²) < 4.78 is 0. The fourth-order valence-electron chi connectivity index (χ4n) is 1.55. The van der Waals surface area contributed by atoms with Gasteiger partial charge in [-0.25, -0.2) is 0 Å². The zero-order chi connectivity index (χ0) is 12.1. The minimum absolute atomic E-state index is 0.00634. The van der Waals surface area contributed by atoms with Crippen molar-refractivity contribution < 1.29 is 15.1 Å². The van der Waals surface area contributed by atoms with Crippen LogP contribution in [-0.4, -0.2) is 27.8 Å². The summed E-state index contributed by atoms with van der Waals surface area (Å²) in [6.45, 7) is 1.55. The van der Waals surface area contributed by atoms with E-state index in [0.29, 0.717) is 12.0 Å². The average molecular weight is 225 g/mol. The number of rotatable bonds is 5. The van der Waals surface area contributed by atoms with Gasteiger partial charge in [0.1, 0.15) is 0 Å². The molecule has 0 fully saturated rings. The number of hydrogen-bond donors (Lipinski definition) is 2. The Kier molecular flexibility index (Phi) is 4.39. The molecule has 0 saturated heterocycles. The highest BCUT2D eigenvalue weighted by molar-refractivity contribution is 5.43. The van der Waals surface area contributed by atoms with E-state index >= 15 is 0 Å². The first kappa shape index (κ1) is 12.6. The Bertz CT molecular complexity index is 376. The first-order valence-corrected chi connectivity index (χ1v) is 5.09. The van der Waals surface area contributed by atoms with Crippen molar-refractivity contribution in [2.24, 2.45) is 0 Å². The quantitative estimate of drug-likeness (QED) is 0.579. The second-order valence-electron chi connectivity index (χ2n) is 3.75.